The zero-order chi connectivity index (χ0) is 9.97. The largest absolute Gasteiger partial charge is 0.333 e. The number of hydrogen-bond acceptors (Lipinski definition) is 1. The topological polar surface area (TPSA) is 17.8 Å². The molecule has 2 nitrogen and oxygen atoms in total. The van der Waals surface area contributed by atoms with Crippen LogP contribution in [0.1, 0.15) is 5.56 Å². The fourth-order valence-corrected chi connectivity index (χ4v) is 1.44. The Morgan fingerprint density at radius 1 is 1.43 bits per heavy atom. The third-order valence-electron chi connectivity index (χ3n) is 1.94. The molecule has 0 bridgehead atoms. The van der Waals surface area contributed by atoms with E-state index in [1.54, 1.807) is 35.4 Å². The van der Waals surface area contributed by atoms with Crippen molar-refractivity contribution in [1.29, 1.82) is 0 Å². The third kappa shape index (κ3) is 1.77. The first kappa shape index (κ1) is 9.21. The minimum atomic E-state index is -0.358. The zero-order valence-corrected chi connectivity index (χ0v) is 8.08. The molecule has 14 heavy (non-hydrogen) atoms. The summed E-state index contributed by atoms with van der Waals surface area (Å²) in [5, 5.41) is 0.155. The first-order valence-corrected chi connectivity index (χ1v) is 4.54. The predicted octanol–water partition coefficient (Wildman–Crippen LogP) is 2.72. The summed E-state index contributed by atoms with van der Waals surface area (Å²) in [5.74, 6) is -0.358. The molecule has 2 rings (SSSR count). The van der Waals surface area contributed by atoms with Crippen molar-refractivity contribution in [3.63, 3.8) is 0 Å². The first-order valence-electron chi connectivity index (χ1n) is 4.16. The molecule has 0 aliphatic heterocycles. The Bertz CT molecular complexity index is 426. The molecular formula is C10H8ClFN2. The molecule has 0 aliphatic rings. The lowest BCUT2D eigenvalue weighted by atomic mass is 10.2. The van der Waals surface area contributed by atoms with Gasteiger partial charge in [-0.15, -0.1) is 0 Å². The van der Waals surface area contributed by atoms with Crippen molar-refractivity contribution in [2.45, 2.75) is 6.54 Å². The summed E-state index contributed by atoms with van der Waals surface area (Å²) in [4.78, 5) is 3.88. The Hall–Kier alpha value is -1.35. The number of benzene rings is 1. The molecule has 1 aromatic carbocycles. The van der Waals surface area contributed by atoms with E-state index in [1.807, 2.05) is 0 Å². The highest BCUT2D eigenvalue weighted by Gasteiger charge is 2.05. The molecule has 0 aliphatic carbocycles. The molecule has 1 aromatic heterocycles. The van der Waals surface area contributed by atoms with E-state index in [0.29, 0.717) is 12.1 Å². The Balaban J connectivity index is 2.29. The first-order chi connectivity index (χ1) is 6.77. The van der Waals surface area contributed by atoms with Crippen molar-refractivity contribution in [1.82, 2.24) is 9.55 Å². The highest BCUT2D eigenvalue weighted by molar-refractivity contribution is 6.30. The van der Waals surface area contributed by atoms with Crippen LogP contribution in [0.2, 0.25) is 5.02 Å². The Kier molecular flexibility index (Phi) is 2.50. The summed E-state index contributed by atoms with van der Waals surface area (Å²) < 4.78 is 15.2. The molecule has 0 saturated heterocycles. The van der Waals surface area contributed by atoms with Gasteiger partial charge in [0.1, 0.15) is 5.82 Å². The van der Waals surface area contributed by atoms with Crippen molar-refractivity contribution in [3.05, 3.63) is 53.3 Å². The minimum absolute atomic E-state index is 0.155. The van der Waals surface area contributed by atoms with Crippen LogP contribution in [0.15, 0.2) is 36.9 Å². The fraction of sp³-hybridized carbons (Fsp3) is 0.100. The van der Waals surface area contributed by atoms with Crippen LogP contribution in [-0.4, -0.2) is 9.55 Å². The Morgan fingerprint density at radius 3 is 3.00 bits per heavy atom. The molecule has 2 aromatic rings. The van der Waals surface area contributed by atoms with E-state index in [9.17, 15) is 4.39 Å². The van der Waals surface area contributed by atoms with Gasteiger partial charge in [-0.2, -0.15) is 0 Å². The molecule has 0 atom stereocenters. The van der Waals surface area contributed by atoms with Crippen LogP contribution in [0.4, 0.5) is 4.39 Å². The zero-order valence-electron chi connectivity index (χ0n) is 7.32. The van der Waals surface area contributed by atoms with Gasteiger partial charge in [0.15, 0.2) is 0 Å². The van der Waals surface area contributed by atoms with E-state index < -0.39 is 0 Å². The van der Waals surface area contributed by atoms with Crippen molar-refractivity contribution in [2.24, 2.45) is 0 Å². The van der Waals surface area contributed by atoms with Crippen molar-refractivity contribution >= 4 is 11.6 Å². The van der Waals surface area contributed by atoms with Gasteiger partial charge in [-0.1, -0.05) is 23.7 Å². The second-order valence-electron chi connectivity index (χ2n) is 2.95. The SMILES string of the molecule is Fc1c(Cl)cccc1Cn1ccnc1. The van der Waals surface area contributed by atoms with Gasteiger partial charge >= 0.3 is 0 Å². The summed E-state index contributed by atoms with van der Waals surface area (Å²) in [6, 6.07) is 4.98. The van der Waals surface area contributed by atoms with Crippen LogP contribution in [0, 0.1) is 5.82 Å². The van der Waals surface area contributed by atoms with Crippen LogP contribution >= 0.6 is 11.6 Å². The fourth-order valence-electron chi connectivity index (χ4n) is 1.25. The molecule has 72 valence electrons. The van der Waals surface area contributed by atoms with Crippen molar-refractivity contribution in [2.75, 3.05) is 0 Å². The molecule has 0 N–H and O–H groups in total. The van der Waals surface area contributed by atoms with Gasteiger partial charge in [-0.25, -0.2) is 9.37 Å². The Morgan fingerprint density at radius 2 is 2.29 bits per heavy atom. The van der Waals surface area contributed by atoms with Gasteiger partial charge in [0.2, 0.25) is 0 Å². The molecular weight excluding hydrogens is 203 g/mol. The molecule has 0 spiro atoms. The summed E-state index contributed by atoms with van der Waals surface area (Å²) in [6.07, 6.45) is 5.07. The maximum absolute atomic E-state index is 13.4. The summed E-state index contributed by atoms with van der Waals surface area (Å²) in [5.41, 5.74) is 0.565. The molecule has 0 saturated carbocycles. The van der Waals surface area contributed by atoms with Crippen molar-refractivity contribution < 1.29 is 4.39 Å². The van der Waals surface area contributed by atoms with E-state index in [4.69, 9.17) is 11.6 Å². The van der Waals surface area contributed by atoms with Gasteiger partial charge in [0, 0.05) is 18.0 Å². The van der Waals surface area contributed by atoms with Crippen LogP contribution in [0.5, 0.6) is 0 Å². The third-order valence-corrected chi connectivity index (χ3v) is 2.24. The number of halogens is 2. The van der Waals surface area contributed by atoms with E-state index in [1.165, 1.54) is 6.07 Å². The van der Waals surface area contributed by atoms with Crippen LogP contribution in [0.25, 0.3) is 0 Å². The van der Waals surface area contributed by atoms with Gasteiger partial charge in [0.05, 0.1) is 17.9 Å². The molecule has 0 fully saturated rings. The lowest BCUT2D eigenvalue weighted by molar-refractivity contribution is 0.600. The number of hydrogen-bond donors (Lipinski definition) is 0. The van der Waals surface area contributed by atoms with Crippen LogP contribution in [0.3, 0.4) is 0 Å². The average molecular weight is 211 g/mol. The quantitative estimate of drug-likeness (QED) is 0.745. The lowest BCUT2D eigenvalue weighted by Crippen LogP contribution is -1.99. The molecule has 1 heterocycles. The normalized spacial score (nSPS) is 10.4. The van der Waals surface area contributed by atoms with Gasteiger partial charge in [-0.3, -0.25) is 0 Å². The maximum Gasteiger partial charge on any atom is 0.146 e. The van der Waals surface area contributed by atoms with Crippen LogP contribution < -0.4 is 0 Å². The number of nitrogens with zero attached hydrogens (tertiary/aromatic N) is 2. The van der Waals surface area contributed by atoms with E-state index in [2.05, 4.69) is 4.98 Å². The average Bonchev–Trinajstić information content (AvgIpc) is 2.66. The summed E-state index contributed by atoms with van der Waals surface area (Å²) >= 11 is 5.65. The standard InChI is InChI=1S/C10H8ClFN2/c11-9-3-1-2-8(10(9)12)6-14-5-4-13-7-14/h1-5,7H,6H2. The van der Waals surface area contributed by atoms with E-state index in [0.717, 1.165) is 0 Å². The van der Waals surface area contributed by atoms with E-state index >= 15 is 0 Å². The van der Waals surface area contributed by atoms with Gasteiger partial charge in [-0.05, 0) is 6.07 Å². The summed E-state index contributed by atoms with van der Waals surface area (Å²) in [7, 11) is 0. The molecule has 0 amide bonds. The smallest absolute Gasteiger partial charge is 0.146 e. The predicted molar refractivity (Wildman–Crippen MR) is 52.7 cm³/mol. The summed E-state index contributed by atoms with van der Waals surface area (Å²) in [6.45, 7) is 0.451. The van der Waals surface area contributed by atoms with Crippen molar-refractivity contribution in [3.8, 4) is 0 Å². The number of imidazole rings is 1. The Labute approximate surface area is 86.0 Å². The highest BCUT2D eigenvalue weighted by Crippen LogP contribution is 2.18. The van der Waals surface area contributed by atoms with Crippen LogP contribution in [-0.2, 0) is 6.54 Å². The lowest BCUT2D eigenvalue weighted by Gasteiger charge is -2.04. The van der Waals surface area contributed by atoms with E-state index in [-0.39, 0.29) is 10.8 Å². The maximum atomic E-state index is 13.4. The van der Waals surface area contributed by atoms with Gasteiger partial charge < -0.3 is 4.57 Å². The number of aromatic nitrogens is 2. The molecule has 0 unspecified atom stereocenters. The number of rotatable bonds is 2. The molecule has 4 heteroatoms. The molecule has 0 radical (unpaired) electrons. The second-order valence-corrected chi connectivity index (χ2v) is 3.36. The minimum Gasteiger partial charge on any atom is -0.333 e. The second kappa shape index (κ2) is 3.80. The van der Waals surface area contributed by atoms with Gasteiger partial charge in [0.25, 0.3) is 0 Å². The monoisotopic (exact) mass is 210 g/mol. The highest BCUT2D eigenvalue weighted by atomic mass is 35.5.